The number of thiazole rings is 1. The highest BCUT2D eigenvalue weighted by Crippen LogP contribution is 2.32. The first-order chi connectivity index (χ1) is 7.18. The molecule has 2 rings (SSSR count). The number of hydrogen-bond donors (Lipinski definition) is 1. The highest BCUT2D eigenvalue weighted by Gasteiger charge is 2.25. The Morgan fingerprint density at radius 3 is 2.60 bits per heavy atom. The van der Waals surface area contributed by atoms with E-state index in [1.807, 2.05) is 6.92 Å². The van der Waals surface area contributed by atoms with E-state index in [-0.39, 0.29) is 6.04 Å². The van der Waals surface area contributed by atoms with E-state index in [1.165, 1.54) is 4.88 Å². The van der Waals surface area contributed by atoms with E-state index in [4.69, 9.17) is 10.5 Å². The number of aromatic nitrogens is 1. The van der Waals surface area contributed by atoms with Crippen molar-refractivity contribution in [2.75, 3.05) is 13.2 Å². The molecule has 84 valence electrons. The first kappa shape index (κ1) is 11.0. The van der Waals surface area contributed by atoms with Gasteiger partial charge in [-0.25, -0.2) is 4.98 Å². The van der Waals surface area contributed by atoms with E-state index in [9.17, 15) is 0 Å². The molecular formula is C11H18N2OS. The van der Waals surface area contributed by atoms with Crippen LogP contribution in [0.5, 0.6) is 0 Å². The average Bonchev–Trinajstić information content (AvgIpc) is 2.58. The molecular weight excluding hydrogens is 208 g/mol. The lowest BCUT2D eigenvalue weighted by Gasteiger charge is -2.27. The summed E-state index contributed by atoms with van der Waals surface area (Å²) < 4.78 is 5.35. The minimum absolute atomic E-state index is 0.153. The molecule has 1 unspecified atom stereocenters. The Balaban J connectivity index is 2.12. The van der Waals surface area contributed by atoms with Crippen molar-refractivity contribution in [2.24, 2.45) is 11.7 Å². The molecule has 0 aromatic carbocycles. The van der Waals surface area contributed by atoms with Crippen LogP contribution >= 0.6 is 11.3 Å². The summed E-state index contributed by atoms with van der Waals surface area (Å²) in [6, 6.07) is 0.153. The van der Waals surface area contributed by atoms with Crippen LogP contribution in [-0.4, -0.2) is 18.2 Å². The van der Waals surface area contributed by atoms with E-state index < -0.39 is 0 Å². The Morgan fingerprint density at radius 1 is 1.40 bits per heavy atom. The standard InChI is InChI=1S/C11H18N2OS/c1-7-11(15-8(2)13-7)10(12)9-3-5-14-6-4-9/h9-10H,3-6,12H2,1-2H3. The van der Waals surface area contributed by atoms with Gasteiger partial charge < -0.3 is 10.5 Å². The van der Waals surface area contributed by atoms with Crippen molar-refractivity contribution in [3.05, 3.63) is 15.6 Å². The highest BCUT2D eigenvalue weighted by atomic mass is 32.1. The van der Waals surface area contributed by atoms with Crippen molar-refractivity contribution < 1.29 is 4.74 Å². The molecule has 4 heteroatoms. The fourth-order valence-electron chi connectivity index (χ4n) is 2.15. The predicted octanol–water partition coefficient (Wildman–Crippen LogP) is 2.19. The van der Waals surface area contributed by atoms with Crippen LogP contribution in [0.3, 0.4) is 0 Å². The van der Waals surface area contributed by atoms with Crippen molar-refractivity contribution in [1.82, 2.24) is 4.98 Å². The van der Waals surface area contributed by atoms with E-state index in [0.29, 0.717) is 5.92 Å². The molecule has 15 heavy (non-hydrogen) atoms. The van der Waals surface area contributed by atoms with Gasteiger partial charge in [0.25, 0.3) is 0 Å². The molecule has 0 radical (unpaired) electrons. The molecule has 1 atom stereocenters. The van der Waals surface area contributed by atoms with Crippen LogP contribution in [0.2, 0.25) is 0 Å². The molecule has 0 aliphatic carbocycles. The fraction of sp³-hybridized carbons (Fsp3) is 0.727. The molecule has 2 heterocycles. The second-order valence-electron chi connectivity index (χ2n) is 4.16. The smallest absolute Gasteiger partial charge is 0.0900 e. The second-order valence-corrected chi connectivity index (χ2v) is 5.39. The monoisotopic (exact) mass is 226 g/mol. The molecule has 0 saturated carbocycles. The maximum Gasteiger partial charge on any atom is 0.0900 e. The molecule has 1 fully saturated rings. The van der Waals surface area contributed by atoms with Gasteiger partial charge in [0.1, 0.15) is 0 Å². The van der Waals surface area contributed by atoms with Crippen molar-refractivity contribution in [3.8, 4) is 0 Å². The SMILES string of the molecule is Cc1nc(C)c(C(N)C2CCOCC2)s1. The van der Waals surface area contributed by atoms with Gasteiger partial charge in [0.15, 0.2) is 0 Å². The molecule has 1 aliphatic rings. The zero-order valence-corrected chi connectivity index (χ0v) is 10.1. The average molecular weight is 226 g/mol. The molecule has 0 spiro atoms. The van der Waals surface area contributed by atoms with Gasteiger partial charge in [-0.15, -0.1) is 11.3 Å². The van der Waals surface area contributed by atoms with Crippen LogP contribution in [0, 0.1) is 19.8 Å². The van der Waals surface area contributed by atoms with Crippen LogP contribution in [0.1, 0.15) is 34.5 Å². The summed E-state index contributed by atoms with van der Waals surface area (Å²) in [5.74, 6) is 0.567. The molecule has 1 aliphatic heterocycles. The third kappa shape index (κ3) is 2.38. The van der Waals surface area contributed by atoms with Gasteiger partial charge in [-0.1, -0.05) is 0 Å². The van der Waals surface area contributed by atoms with E-state index in [1.54, 1.807) is 11.3 Å². The minimum Gasteiger partial charge on any atom is -0.381 e. The van der Waals surface area contributed by atoms with Crippen molar-refractivity contribution >= 4 is 11.3 Å². The minimum atomic E-state index is 0.153. The molecule has 0 bridgehead atoms. The van der Waals surface area contributed by atoms with Gasteiger partial charge in [0.2, 0.25) is 0 Å². The summed E-state index contributed by atoms with van der Waals surface area (Å²) in [5.41, 5.74) is 7.41. The molecule has 2 N–H and O–H groups in total. The van der Waals surface area contributed by atoms with E-state index >= 15 is 0 Å². The summed E-state index contributed by atoms with van der Waals surface area (Å²) >= 11 is 1.74. The summed E-state index contributed by atoms with van der Waals surface area (Å²) in [4.78, 5) is 5.70. The zero-order valence-electron chi connectivity index (χ0n) is 9.32. The summed E-state index contributed by atoms with van der Waals surface area (Å²) in [5, 5.41) is 1.12. The normalized spacial score (nSPS) is 20.5. The second kappa shape index (κ2) is 4.60. The summed E-state index contributed by atoms with van der Waals surface area (Å²) in [6.45, 7) is 5.81. The Morgan fingerprint density at radius 2 is 2.07 bits per heavy atom. The molecule has 3 nitrogen and oxygen atoms in total. The van der Waals surface area contributed by atoms with Crippen LogP contribution in [0.4, 0.5) is 0 Å². The van der Waals surface area contributed by atoms with Gasteiger partial charge in [-0.05, 0) is 32.6 Å². The number of hydrogen-bond acceptors (Lipinski definition) is 4. The Hall–Kier alpha value is -0.450. The summed E-state index contributed by atoms with van der Waals surface area (Å²) in [6.07, 6.45) is 2.16. The molecule has 1 saturated heterocycles. The van der Waals surface area contributed by atoms with Gasteiger partial charge in [-0.3, -0.25) is 0 Å². The number of aryl methyl sites for hydroxylation is 2. The van der Waals surface area contributed by atoms with Crippen LogP contribution in [0.15, 0.2) is 0 Å². The summed E-state index contributed by atoms with van der Waals surface area (Å²) in [7, 11) is 0. The third-order valence-corrected chi connectivity index (χ3v) is 4.19. The first-order valence-corrected chi connectivity index (χ1v) is 6.27. The Bertz CT molecular complexity index is 331. The largest absolute Gasteiger partial charge is 0.381 e. The van der Waals surface area contributed by atoms with Crippen molar-refractivity contribution in [1.29, 1.82) is 0 Å². The van der Waals surface area contributed by atoms with E-state index in [0.717, 1.165) is 36.8 Å². The van der Waals surface area contributed by atoms with Crippen LogP contribution in [0.25, 0.3) is 0 Å². The lowest BCUT2D eigenvalue weighted by atomic mass is 9.91. The third-order valence-electron chi connectivity index (χ3n) is 3.02. The highest BCUT2D eigenvalue weighted by molar-refractivity contribution is 7.11. The van der Waals surface area contributed by atoms with Crippen molar-refractivity contribution in [2.45, 2.75) is 32.7 Å². The van der Waals surface area contributed by atoms with Gasteiger partial charge in [-0.2, -0.15) is 0 Å². The van der Waals surface area contributed by atoms with Gasteiger partial charge in [0, 0.05) is 24.1 Å². The van der Waals surface area contributed by atoms with Crippen molar-refractivity contribution in [3.63, 3.8) is 0 Å². The lowest BCUT2D eigenvalue weighted by Crippen LogP contribution is -2.27. The van der Waals surface area contributed by atoms with Crippen LogP contribution in [-0.2, 0) is 4.74 Å². The van der Waals surface area contributed by atoms with Gasteiger partial charge >= 0.3 is 0 Å². The maximum absolute atomic E-state index is 6.30. The first-order valence-electron chi connectivity index (χ1n) is 5.45. The molecule has 1 aromatic rings. The number of nitrogens with two attached hydrogens (primary N) is 1. The number of rotatable bonds is 2. The fourth-order valence-corrected chi connectivity index (χ4v) is 3.17. The number of ether oxygens (including phenoxy) is 1. The lowest BCUT2D eigenvalue weighted by molar-refractivity contribution is 0.0586. The molecule has 0 amide bonds. The Labute approximate surface area is 94.7 Å². The van der Waals surface area contributed by atoms with Gasteiger partial charge in [0.05, 0.1) is 10.7 Å². The quantitative estimate of drug-likeness (QED) is 0.841. The number of nitrogens with zero attached hydrogens (tertiary/aromatic N) is 1. The topological polar surface area (TPSA) is 48.1 Å². The molecule has 1 aromatic heterocycles. The Kier molecular flexibility index (Phi) is 3.38. The van der Waals surface area contributed by atoms with Crippen LogP contribution < -0.4 is 5.73 Å². The van der Waals surface area contributed by atoms with E-state index in [2.05, 4.69) is 11.9 Å². The maximum atomic E-state index is 6.30. The predicted molar refractivity (Wildman–Crippen MR) is 62.1 cm³/mol. The zero-order chi connectivity index (χ0) is 10.8.